The third kappa shape index (κ3) is 8.07. The number of carbonyl (C=O) groups is 4. The van der Waals surface area contributed by atoms with Gasteiger partial charge in [0.2, 0.25) is 5.91 Å². The van der Waals surface area contributed by atoms with Crippen molar-refractivity contribution in [3.63, 3.8) is 0 Å². The van der Waals surface area contributed by atoms with Crippen molar-refractivity contribution >= 4 is 23.9 Å². The highest BCUT2D eigenvalue weighted by molar-refractivity contribution is 5.89. The standard InChI is InChI=1S/C19H26N2O7/c1-12(2)16(21-19(26)28-11-13-7-5-4-6-8-13)17(23)20-14(18(24)25)9-10-15(22)27-3/h4-8,12,14,16H,9-11H2,1-3H3,(H,20,23)(H,21,26)(H,24,25)/t14-,16-/m0/s1. The van der Waals surface area contributed by atoms with Gasteiger partial charge < -0.3 is 25.2 Å². The predicted molar refractivity (Wildman–Crippen MR) is 99.2 cm³/mol. The molecule has 0 saturated heterocycles. The van der Waals surface area contributed by atoms with Crippen LogP contribution in [0.3, 0.4) is 0 Å². The van der Waals surface area contributed by atoms with Gasteiger partial charge in [-0.25, -0.2) is 9.59 Å². The Labute approximate surface area is 163 Å². The fourth-order valence-electron chi connectivity index (χ4n) is 2.31. The number of hydrogen-bond donors (Lipinski definition) is 3. The lowest BCUT2D eigenvalue weighted by molar-refractivity contribution is -0.144. The molecule has 1 rings (SSSR count). The van der Waals surface area contributed by atoms with E-state index >= 15 is 0 Å². The van der Waals surface area contributed by atoms with Crippen LogP contribution < -0.4 is 10.6 Å². The molecule has 0 saturated carbocycles. The normalized spacial score (nSPS) is 12.6. The van der Waals surface area contributed by atoms with Crippen LogP contribution >= 0.6 is 0 Å². The zero-order valence-electron chi connectivity index (χ0n) is 16.1. The zero-order valence-corrected chi connectivity index (χ0v) is 16.1. The number of nitrogens with one attached hydrogen (secondary N) is 2. The lowest BCUT2D eigenvalue weighted by Crippen LogP contribution is -2.53. The maximum absolute atomic E-state index is 12.5. The molecule has 9 nitrogen and oxygen atoms in total. The van der Waals surface area contributed by atoms with E-state index in [-0.39, 0.29) is 25.4 Å². The Hall–Kier alpha value is -3.10. The number of methoxy groups -OCH3 is 1. The number of carboxylic acids is 1. The highest BCUT2D eigenvalue weighted by Crippen LogP contribution is 2.07. The number of hydrogen-bond acceptors (Lipinski definition) is 6. The van der Waals surface area contributed by atoms with Gasteiger partial charge in [0.1, 0.15) is 18.7 Å². The van der Waals surface area contributed by atoms with E-state index in [0.29, 0.717) is 0 Å². The predicted octanol–water partition coefficient (Wildman–Crippen LogP) is 1.46. The highest BCUT2D eigenvalue weighted by atomic mass is 16.5. The summed E-state index contributed by atoms with van der Waals surface area (Å²) in [5.74, 6) is -2.86. The van der Waals surface area contributed by atoms with Crippen molar-refractivity contribution in [1.82, 2.24) is 10.6 Å². The van der Waals surface area contributed by atoms with Crippen LogP contribution in [0.4, 0.5) is 4.79 Å². The Morgan fingerprint density at radius 3 is 2.25 bits per heavy atom. The summed E-state index contributed by atoms with van der Waals surface area (Å²) in [7, 11) is 1.19. The first-order valence-electron chi connectivity index (χ1n) is 8.81. The van der Waals surface area contributed by atoms with E-state index in [9.17, 15) is 24.3 Å². The van der Waals surface area contributed by atoms with Crippen molar-refractivity contribution in [1.29, 1.82) is 0 Å². The average molecular weight is 394 g/mol. The van der Waals surface area contributed by atoms with E-state index in [0.717, 1.165) is 5.56 Å². The first-order chi connectivity index (χ1) is 13.2. The molecule has 0 aliphatic carbocycles. The summed E-state index contributed by atoms with van der Waals surface area (Å²) in [6.45, 7) is 3.44. The van der Waals surface area contributed by atoms with Crippen LogP contribution in [0.15, 0.2) is 30.3 Å². The van der Waals surface area contributed by atoms with Crippen LogP contribution in [-0.4, -0.2) is 48.2 Å². The highest BCUT2D eigenvalue weighted by Gasteiger charge is 2.29. The Balaban J connectivity index is 2.64. The van der Waals surface area contributed by atoms with Crippen LogP contribution in [0.2, 0.25) is 0 Å². The van der Waals surface area contributed by atoms with Crippen LogP contribution in [0.5, 0.6) is 0 Å². The van der Waals surface area contributed by atoms with Gasteiger partial charge in [-0.3, -0.25) is 9.59 Å². The van der Waals surface area contributed by atoms with Gasteiger partial charge in [0.25, 0.3) is 0 Å². The van der Waals surface area contributed by atoms with Crippen LogP contribution in [0.25, 0.3) is 0 Å². The molecule has 0 spiro atoms. The SMILES string of the molecule is COC(=O)CC[C@H](NC(=O)[C@@H](NC(=O)OCc1ccccc1)C(C)C)C(=O)O. The van der Waals surface area contributed by atoms with E-state index in [4.69, 9.17) is 4.74 Å². The van der Waals surface area contributed by atoms with Crippen molar-refractivity contribution in [2.75, 3.05) is 7.11 Å². The molecule has 0 aliphatic rings. The summed E-state index contributed by atoms with van der Waals surface area (Å²) in [6.07, 6.45) is -1.08. The lowest BCUT2D eigenvalue weighted by atomic mass is 10.0. The molecule has 154 valence electrons. The molecule has 28 heavy (non-hydrogen) atoms. The Morgan fingerprint density at radius 1 is 1.07 bits per heavy atom. The Morgan fingerprint density at radius 2 is 1.71 bits per heavy atom. The van der Waals surface area contributed by atoms with Gasteiger partial charge in [-0.15, -0.1) is 0 Å². The van der Waals surface area contributed by atoms with Crippen molar-refractivity contribution in [3.8, 4) is 0 Å². The number of amides is 2. The number of ether oxygens (including phenoxy) is 2. The number of carbonyl (C=O) groups excluding carboxylic acids is 3. The molecule has 1 aromatic rings. The molecule has 0 unspecified atom stereocenters. The van der Waals surface area contributed by atoms with E-state index in [1.165, 1.54) is 7.11 Å². The third-order valence-corrected chi connectivity index (χ3v) is 3.91. The lowest BCUT2D eigenvalue weighted by Gasteiger charge is -2.23. The molecule has 0 aromatic heterocycles. The molecule has 3 N–H and O–H groups in total. The first kappa shape index (κ1) is 22.9. The number of benzene rings is 1. The second-order valence-corrected chi connectivity index (χ2v) is 6.44. The number of aliphatic carboxylic acids is 1. The molecule has 0 aliphatic heterocycles. The van der Waals surface area contributed by atoms with Gasteiger partial charge in [0.05, 0.1) is 7.11 Å². The largest absolute Gasteiger partial charge is 0.480 e. The smallest absolute Gasteiger partial charge is 0.408 e. The van der Waals surface area contributed by atoms with Gasteiger partial charge in [0, 0.05) is 6.42 Å². The topological polar surface area (TPSA) is 131 Å². The van der Waals surface area contributed by atoms with Crippen molar-refractivity contribution in [2.24, 2.45) is 5.92 Å². The summed E-state index contributed by atoms with van der Waals surface area (Å²) in [4.78, 5) is 47.0. The number of rotatable bonds is 10. The minimum Gasteiger partial charge on any atom is -0.480 e. The summed E-state index contributed by atoms with van der Waals surface area (Å²) < 4.78 is 9.57. The van der Waals surface area contributed by atoms with Crippen LogP contribution in [-0.2, 0) is 30.5 Å². The summed E-state index contributed by atoms with van der Waals surface area (Å²) in [5, 5.41) is 14.0. The molecular weight excluding hydrogens is 368 g/mol. The average Bonchev–Trinajstić information content (AvgIpc) is 2.67. The zero-order chi connectivity index (χ0) is 21.1. The van der Waals surface area contributed by atoms with Gasteiger partial charge >= 0.3 is 18.0 Å². The number of esters is 1. The van der Waals surface area contributed by atoms with Gasteiger partial charge in [-0.2, -0.15) is 0 Å². The maximum atomic E-state index is 12.5. The summed E-state index contributed by atoms with van der Waals surface area (Å²) in [6, 6.07) is 6.75. The molecular formula is C19H26N2O7. The molecule has 2 atom stereocenters. The summed E-state index contributed by atoms with van der Waals surface area (Å²) >= 11 is 0. The van der Waals surface area contributed by atoms with Gasteiger partial charge in [-0.1, -0.05) is 44.2 Å². The fourth-order valence-corrected chi connectivity index (χ4v) is 2.31. The Bertz CT molecular complexity index is 676. The molecule has 1 aromatic carbocycles. The molecule has 2 amide bonds. The molecule has 0 radical (unpaired) electrons. The summed E-state index contributed by atoms with van der Waals surface area (Å²) in [5.41, 5.74) is 0.789. The van der Waals surface area contributed by atoms with Crippen LogP contribution in [0, 0.1) is 5.92 Å². The third-order valence-electron chi connectivity index (χ3n) is 3.91. The number of carboxylic acid groups (broad SMARTS) is 1. The maximum Gasteiger partial charge on any atom is 0.408 e. The first-order valence-corrected chi connectivity index (χ1v) is 8.81. The second-order valence-electron chi connectivity index (χ2n) is 6.44. The Kier molecular flexibility index (Phi) is 9.49. The monoisotopic (exact) mass is 394 g/mol. The molecule has 0 bridgehead atoms. The molecule has 0 heterocycles. The minimum absolute atomic E-state index is 0.0377. The van der Waals surface area contributed by atoms with Crippen molar-refractivity contribution in [3.05, 3.63) is 35.9 Å². The second kappa shape index (κ2) is 11.6. The van der Waals surface area contributed by atoms with Crippen LogP contribution in [0.1, 0.15) is 32.3 Å². The van der Waals surface area contributed by atoms with Crippen molar-refractivity contribution < 1.29 is 33.8 Å². The van der Waals surface area contributed by atoms with E-state index in [2.05, 4.69) is 15.4 Å². The van der Waals surface area contributed by atoms with E-state index in [1.54, 1.807) is 38.1 Å². The quantitative estimate of drug-likeness (QED) is 0.512. The number of alkyl carbamates (subject to hydrolysis) is 1. The van der Waals surface area contributed by atoms with Gasteiger partial charge in [0.15, 0.2) is 0 Å². The van der Waals surface area contributed by atoms with E-state index in [1.807, 2.05) is 6.07 Å². The van der Waals surface area contributed by atoms with E-state index < -0.39 is 36.0 Å². The van der Waals surface area contributed by atoms with Crippen molar-refractivity contribution in [2.45, 2.75) is 45.4 Å². The molecule has 0 fully saturated rings. The van der Waals surface area contributed by atoms with Gasteiger partial charge in [-0.05, 0) is 17.9 Å². The molecule has 9 heteroatoms. The minimum atomic E-state index is -1.29. The fraction of sp³-hybridized carbons (Fsp3) is 0.474.